The molecule has 2 aromatic rings. The summed E-state index contributed by atoms with van der Waals surface area (Å²) in [5.41, 5.74) is 8.02. The fraction of sp³-hybridized carbons (Fsp3) is 0.0769. The Morgan fingerprint density at radius 2 is 1.47 bits per heavy atom. The number of para-hydroxylation sites is 1. The van der Waals surface area contributed by atoms with Crippen LogP contribution in [0.4, 0.5) is 5.69 Å². The minimum atomic E-state index is 0.839. The number of benzene rings is 2. The highest BCUT2D eigenvalue weighted by molar-refractivity contribution is 7.99. The molecule has 0 bridgehead atoms. The molecule has 0 unspecified atom stereocenters. The fourth-order valence-corrected chi connectivity index (χ4v) is 2.31. The average molecular weight is 215 g/mol. The highest BCUT2D eigenvalue weighted by Crippen LogP contribution is 2.33. The second-order valence-electron chi connectivity index (χ2n) is 3.41. The highest BCUT2D eigenvalue weighted by atomic mass is 32.2. The molecule has 0 aliphatic heterocycles. The lowest BCUT2D eigenvalue weighted by Crippen LogP contribution is -1.87. The lowest BCUT2D eigenvalue weighted by Gasteiger charge is -2.06. The van der Waals surface area contributed by atoms with Gasteiger partial charge >= 0.3 is 0 Å². The molecule has 0 saturated heterocycles. The Bertz CT molecular complexity index is 422. The number of aryl methyl sites for hydroxylation is 1. The highest BCUT2D eigenvalue weighted by Gasteiger charge is 2.02. The van der Waals surface area contributed by atoms with Gasteiger partial charge in [-0.3, -0.25) is 0 Å². The molecule has 0 aliphatic carbocycles. The van der Waals surface area contributed by atoms with Gasteiger partial charge in [-0.25, -0.2) is 0 Å². The molecule has 0 aliphatic rings. The van der Waals surface area contributed by atoms with Crippen LogP contribution in [-0.4, -0.2) is 0 Å². The van der Waals surface area contributed by atoms with Crippen LogP contribution >= 0.6 is 11.8 Å². The zero-order valence-corrected chi connectivity index (χ0v) is 9.42. The number of nitrogen functional groups attached to an aromatic ring is 1. The van der Waals surface area contributed by atoms with Crippen molar-refractivity contribution in [3.63, 3.8) is 0 Å². The number of nitrogens with two attached hydrogens (primary N) is 1. The van der Waals surface area contributed by atoms with Crippen molar-refractivity contribution in [3.8, 4) is 0 Å². The maximum absolute atomic E-state index is 5.90. The van der Waals surface area contributed by atoms with Gasteiger partial charge < -0.3 is 5.73 Å². The molecule has 0 heterocycles. The van der Waals surface area contributed by atoms with E-state index in [4.69, 9.17) is 5.73 Å². The lowest BCUT2D eigenvalue weighted by molar-refractivity contribution is 1.29. The molecule has 2 N–H and O–H groups in total. The predicted octanol–water partition coefficient (Wildman–Crippen LogP) is 3.73. The SMILES string of the molecule is Cc1ccccc1Sc1ccccc1N. The van der Waals surface area contributed by atoms with Crippen molar-refractivity contribution >= 4 is 17.4 Å². The van der Waals surface area contributed by atoms with Crippen molar-refractivity contribution in [1.82, 2.24) is 0 Å². The average Bonchev–Trinajstić information content (AvgIpc) is 2.24. The molecule has 1 nitrogen and oxygen atoms in total. The molecule has 76 valence electrons. The Morgan fingerprint density at radius 3 is 2.13 bits per heavy atom. The number of anilines is 1. The van der Waals surface area contributed by atoms with Crippen molar-refractivity contribution in [2.24, 2.45) is 0 Å². The van der Waals surface area contributed by atoms with E-state index in [1.54, 1.807) is 11.8 Å². The van der Waals surface area contributed by atoms with Gasteiger partial charge in [0.25, 0.3) is 0 Å². The molecule has 2 aromatic carbocycles. The molecule has 15 heavy (non-hydrogen) atoms. The zero-order chi connectivity index (χ0) is 10.7. The summed E-state index contributed by atoms with van der Waals surface area (Å²) >= 11 is 1.72. The second kappa shape index (κ2) is 4.41. The van der Waals surface area contributed by atoms with Crippen molar-refractivity contribution in [2.45, 2.75) is 16.7 Å². The molecule has 0 amide bonds. The Balaban J connectivity index is 2.30. The standard InChI is InChI=1S/C13H13NS/c1-10-6-2-4-8-12(10)15-13-9-5-3-7-11(13)14/h2-9H,14H2,1H3. The number of hydrogen-bond acceptors (Lipinski definition) is 2. The summed E-state index contributed by atoms with van der Waals surface area (Å²) in [6.45, 7) is 2.11. The molecule has 0 radical (unpaired) electrons. The summed E-state index contributed by atoms with van der Waals surface area (Å²) in [6.07, 6.45) is 0. The van der Waals surface area contributed by atoms with Crippen LogP contribution in [0.5, 0.6) is 0 Å². The normalized spacial score (nSPS) is 10.2. The Hall–Kier alpha value is -1.41. The zero-order valence-electron chi connectivity index (χ0n) is 8.60. The van der Waals surface area contributed by atoms with E-state index < -0.39 is 0 Å². The van der Waals surface area contributed by atoms with Gasteiger partial charge in [0.1, 0.15) is 0 Å². The quantitative estimate of drug-likeness (QED) is 0.772. The molecule has 2 rings (SSSR count). The van der Waals surface area contributed by atoms with E-state index in [0.29, 0.717) is 0 Å². The topological polar surface area (TPSA) is 26.0 Å². The summed E-state index contributed by atoms with van der Waals surface area (Å²) < 4.78 is 0. The summed E-state index contributed by atoms with van der Waals surface area (Å²) in [6, 6.07) is 16.3. The third kappa shape index (κ3) is 2.34. The van der Waals surface area contributed by atoms with Gasteiger partial charge in [0, 0.05) is 15.5 Å². The van der Waals surface area contributed by atoms with Crippen molar-refractivity contribution < 1.29 is 0 Å². The van der Waals surface area contributed by atoms with Crippen LogP contribution in [0.25, 0.3) is 0 Å². The second-order valence-corrected chi connectivity index (χ2v) is 4.49. The van der Waals surface area contributed by atoms with Crippen LogP contribution in [0, 0.1) is 6.92 Å². The van der Waals surface area contributed by atoms with E-state index in [1.807, 2.05) is 30.3 Å². The monoisotopic (exact) mass is 215 g/mol. The van der Waals surface area contributed by atoms with E-state index in [9.17, 15) is 0 Å². The van der Waals surface area contributed by atoms with E-state index in [0.717, 1.165) is 10.6 Å². The summed E-state index contributed by atoms with van der Waals surface area (Å²) in [4.78, 5) is 2.38. The maximum atomic E-state index is 5.90. The first-order valence-electron chi connectivity index (χ1n) is 4.85. The smallest absolute Gasteiger partial charge is 0.0455 e. The summed E-state index contributed by atoms with van der Waals surface area (Å²) in [5, 5.41) is 0. The van der Waals surface area contributed by atoms with Gasteiger partial charge in [-0.15, -0.1) is 0 Å². The largest absolute Gasteiger partial charge is 0.398 e. The van der Waals surface area contributed by atoms with Crippen LogP contribution in [-0.2, 0) is 0 Å². The molecule has 0 saturated carbocycles. The fourth-order valence-electron chi connectivity index (χ4n) is 1.36. The lowest BCUT2D eigenvalue weighted by atomic mass is 10.2. The van der Waals surface area contributed by atoms with Crippen LogP contribution in [0.2, 0.25) is 0 Å². The van der Waals surface area contributed by atoms with E-state index in [2.05, 4.69) is 25.1 Å². The first-order chi connectivity index (χ1) is 7.27. The Kier molecular flexibility index (Phi) is 2.97. The summed E-state index contributed by atoms with van der Waals surface area (Å²) in [7, 11) is 0. The van der Waals surface area contributed by atoms with Crippen LogP contribution in [0.1, 0.15) is 5.56 Å². The molecular weight excluding hydrogens is 202 g/mol. The van der Waals surface area contributed by atoms with E-state index >= 15 is 0 Å². The predicted molar refractivity (Wildman–Crippen MR) is 66.2 cm³/mol. The molecule has 0 atom stereocenters. The minimum Gasteiger partial charge on any atom is -0.398 e. The number of rotatable bonds is 2. The minimum absolute atomic E-state index is 0.839. The van der Waals surface area contributed by atoms with Crippen LogP contribution < -0.4 is 5.73 Å². The molecular formula is C13H13NS. The molecule has 0 fully saturated rings. The molecule has 2 heteroatoms. The van der Waals surface area contributed by atoms with Crippen molar-refractivity contribution in [1.29, 1.82) is 0 Å². The van der Waals surface area contributed by atoms with Crippen LogP contribution in [0.15, 0.2) is 58.3 Å². The Morgan fingerprint density at radius 1 is 0.867 bits per heavy atom. The van der Waals surface area contributed by atoms with Gasteiger partial charge in [0.2, 0.25) is 0 Å². The van der Waals surface area contributed by atoms with Gasteiger partial charge in [-0.1, -0.05) is 42.1 Å². The van der Waals surface area contributed by atoms with Gasteiger partial charge in [-0.2, -0.15) is 0 Å². The molecule has 0 aromatic heterocycles. The number of hydrogen-bond donors (Lipinski definition) is 1. The molecule has 0 spiro atoms. The third-order valence-electron chi connectivity index (χ3n) is 2.23. The maximum Gasteiger partial charge on any atom is 0.0455 e. The first kappa shape index (κ1) is 10.1. The van der Waals surface area contributed by atoms with Crippen molar-refractivity contribution in [2.75, 3.05) is 5.73 Å². The van der Waals surface area contributed by atoms with Crippen molar-refractivity contribution in [3.05, 3.63) is 54.1 Å². The van der Waals surface area contributed by atoms with E-state index in [-0.39, 0.29) is 0 Å². The van der Waals surface area contributed by atoms with Gasteiger partial charge in [0.05, 0.1) is 0 Å². The Labute approximate surface area is 94.3 Å². The van der Waals surface area contributed by atoms with Crippen LogP contribution in [0.3, 0.4) is 0 Å². The third-order valence-corrected chi connectivity index (χ3v) is 3.50. The van der Waals surface area contributed by atoms with E-state index in [1.165, 1.54) is 10.5 Å². The van der Waals surface area contributed by atoms with Gasteiger partial charge in [-0.05, 0) is 30.7 Å². The first-order valence-corrected chi connectivity index (χ1v) is 5.67. The van der Waals surface area contributed by atoms with Gasteiger partial charge in [0.15, 0.2) is 0 Å². The summed E-state index contributed by atoms with van der Waals surface area (Å²) in [5.74, 6) is 0.